The lowest BCUT2D eigenvalue weighted by atomic mass is 10.1. The van der Waals surface area contributed by atoms with Crippen molar-refractivity contribution in [3.8, 4) is 11.5 Å². The van der Waals surface area contributed by atoms with E-state index in [-0.39, 0.29) is 0 Å². The molecule has 0 amide bonds. The Balaban J connectivity index is 1.64. The van der Waals surface area contributed by atoms with Crippen molar-refractivity contribution in [2.24, 2.45) is 0 Å². The van der Waals surface area contributed by atoms with Crippen LogP contribution in [0.5, 0.6) is 11.5 Å². The number of ether oxygens (including phenoxy) is 2. The third-order valence-corrected chi connectivity index (χ3v) is 4.32. The second-order valence-corrected chi connectivity index (χ2v) is 6.35. The van der Waals surface area contributed by atoms with E-state index in [4.69, 9.17) is 9.47 Å². The average Bonchev–Trinajstić information content (AvgIpc) is 2.61. The second-order valence-electron chi connectivity index (χ2n) is 6.35. The van der Waals surface area contributed by atoms with Gasteiger partial charge in [-0.05, 0) is 30.2 Å². The van der Waals surface area contributed by atoms with Crippen LogP contribution in [0.25, 0.3) is 0 Å². The molecule has 0 aromatic heterocycles. The Labute approximate surface area is 144 Å². The van der Waals surface area contributed by atoms with Crippen LogP contribution in [0.4, 0.5) is 0 Å². The van der Waals surface area contributed by atoms with E-state index in [9.17, 15) is 0 Å². The molecule has 128 valence electrons. The van der Waals surface area contributed by atoms with Gasteiger partial charge in [-0.25, -0.2) is 0 Å². The zero-order valence-electron chi connectivity index (χ0n) is 14.5. The lowest BCUT2D eigenvalue weighted by Gasteiger charge is -2.31. The predicted molar refractivity (Wildman–Crippen MR) is 96.5 cm³/mol. The molecule has 4 nitrogen and oxygen atoms in total. The van der Waals surface area contributed by atoms with Gasteiger partial charge in [0.25, 0.3) is 0 Å². The number of piperazine rings is 1. The molecule has 2 aromatic carbocycles. The molecule has 1 atom stereocenters. The monoisotopic (exact) mass is 326 g/mol. The third-order valence-electron chi connectivity index (χ3n) is 4.32. The standard InChI is InChI=1S/C20H26N2O2/c1-16-13-22(11-10-21-16)14-18-8-9-19(20(12-18)23-2)24-15-17-6-4-3-5-7-17/h3-9,12,16,21H,10-11,13-15H2,1-2H3. The summed E-state index contributed by atoms with van der Waals surface area (Å²) in [6.07, 6.45) is 0. The number of hydrogen-bond donors (Lipinski definition) is 1. The Bertz CT molecular complexity index is 645. The van der Waals surface area contributed by atoms with Crippen LogP contribution in [-0.4, -0.2) is 37.7 Å². The molecule has 0 saturated carbocycles. The van der Waals surface area contributed by atoms with E-state index >= 15 is 0 Å². The molecular weight excluding hydrogens is 300 g/mol. The summed E-state index contributed by atoms with van der Waals surface area (Å²) in [4.78, 5) is 2.47. The Morgan fingerprint density at radius 2 is 1.92 bits per heavy atom. The van der Waals surface area contributed by atoms with Crippen LogP contribution in [0.1, 0.15) is 18.1 Å². The van der Waals surface area contributed by atoms with Crippen molar-refractivity contribution >= 4 is 0 Å². The summed E-state index contributed by atoms with van der Waals surface area (Å²) in [5.74, 6) is 1.59. The summed E-state index contributed by atoms with van der Waals surface area (Å²) >= 11 is 0. The fraction of sp³-hybridized carbons (Fsp3) is 0.400. The molecule has 1 aliphatic rings. The van der Waals surface area contributed by atoms with Gasteiger partial charge < -0.3 is 14.8 Å². The largest absolute Gasteiger partial charge is 0.493 e. The van der Waals surface area contributed by atoms with Gasteiger partial charge in [-0.1, -0.05) is 36.4 Å². The number of nitrogens with one attached hydrogen (secondary N) is 1. The van der Waals surface area contributed by atoms with Gasteiger partial charge in [0, 0.05) is 32.2 Å². The van der Waals surface area contributed by atoms with Gasteiger partial charge in [0.05, 0.1) is 7.11 Å². The van der Waals surface area contributed by atoms with Gasteiger partial charge in [0.15, 0.2) is 11.5 Å². The normalized spacial score (nSPS) is 18.3. The fourth-order valence-corrected chi connectivity index (χ4v) is 3.08. The highest BCUT2D eigenvalue weighted by Gasteiger charge is 2.16. The number of rotatable bonds is 6. The molecule has 1 heterocycles. The molecule has 0 spiro atoms. The molecule has 0 aliphatic carbocycles. The van der Waals surface area contributed by atoms with Gasteiger partial charge in [0.2, 0.25) is 0 Å². The maximum absolute atomic E-state index is 5.93. The van der Waals surface area contributed by atoms with Crippen molar-refractivity contribution in [2.45, 2.75) is 26.1 Å². The van der Waals surface area contributed by atoms with Crippen LogP contribution in [0, 0.1) is 0 Å². The van der Waals surface area contributed by atoms with E-state index in [0.29, 0.717) is 12.6 Å². The highest BCUT2D eigenvalue weighted by Crippen LogP contribution is 2.29. The van der Waals surface area contributed by atoms with Crippen molar-refractivity contribution in [2.75, 3.05) is 26.7 Å². The molecule has 4 heteroatoms. The van der Waals surface area contributed by atoms with Gasteiger partial charge in [-0.3, -0.25) is 4.90 Å². The van der Waals surface area contributed by atoms with E-state index in [1.807, 2.05) is 24.3 Å². The molecule has 1 N–H and O–H groups in total. The zero-order valence-corrected chi connectivity index (χ0v) is 14.5. The average molecular weight is 326 g/mol. The van der Waals surface area contributed by atoms with Crippen molar-refractivity contribution in [3.63, 3.8) is 0 Å². The number of hydrogen-bond acceptors (Lipinski definition) is 4. The first-order valence-corrected chi connectivity index (χ1v) is 8.54. The number of methoxy groups -OCH3 is 1. The highest BCUT2D eigenvalue weighted by molar-refractivity contribution is 5.43. The first-order valence-electron chi connectivity index (χ1n) is 8.54. The Morgan fingerprint density at radius 1 is 1.08 bits per heavy atom. The molecule has 0 bridgehead atoms. The Kier molecular flexibility index (Phi) is 5.72. The fourth-order valence-electron chi connectivity index (χ4n) is 3.08. The van der Waals surface area contributed by atoms with Crippen LogP contribution >= 0.6 is 0 Å². The molecule has 1 fully saturated rings. The van der Waals surface area contributed by atoms with E-state index in [2.05, 4.69) is 41.4 Å². The van der Waals surface area contributed by atoms with Crippen molar-refractivity contribution in [1.82, 2.24) is 10.2 Å². The topological polar surface area (TPSA) is 33.7 Å². The summed E-state index contributed by atoms with van der Waals surface area (Å²) in [6, 6.07) is 17.0. The van der Waals surface area contributed by atoms with Crippen LogP contribution in [0.3, 0.4) is 0 Å². The van der Waals surface area contributed by atoms with Crippen molar-refractivity contribution in [1.29, 1.82) is 0 Å². The van der Waals surface area contributed by atoms with Gasteiger partial charge in [-0.15, -0.1) is 0 Å². The summed E-state index contributed by atoms with van der Waals surface area (Å²) in [6.45, 7) is 6.94. The Hall–Kier alpha value is -2.04. The smallest absolute Gasteiger partial charge is 0.161 e. The minimum Gasteiger partial charge on any atom is -0.493 e. The molecule has 24 heavy (non-hydrogen) atoms. The summed E-state index contributed by atoms with van der Waals surface area (Å²) in [7, 11) is 1.70. The predicted octanol–water partition coefficient (Wildman–Crippen LogP) is 3.07. The summed E-state index contributed by atoms with van der Waals surface area (Å²) < 4.78 is 11.5. The first kappa shape index (κ1) is 16.8. The van der Waals surface area contributed by atoms with Crippen molar-refractivity contribution in [3.05, 3.63) is 59.7 Å². The quantitative estimate of drug-likeness (QED) is 0.884. The summed E-state index contributed by atoms with van der Waals surface area (Å²) in [5, 5.41) is 3.48. The maximum Gasteiger partial charge on any atom is 0.161 e. The molecule has 2 aromatic rings. The molecule has 1 saturated heterocycles. The third kappa shape index (κ3) is 4.49. The Morgan fingerprint density at radius 3 is 2.67 bits per heavy atom. The van der Waals surface area contributed by atoms with Crippen LogP contribution in [0.2, 0.25) is 0 Å². The van der Waals surface area contributed by atoms with Crippen LogP contribution in [0.15, 0.2) is 48.5 Å². The van der Waals surface area contributed by atoms with Gasteiger partial charge in [-0.2, -0.15) is 0 Å². The van der Waals surface area contributed by atoms with E-state index in [1.54, 1.807) is 7.11 Å². The molecule has 1 aliphatic heterocycles. The van der Waals surface area contributed by atoms with Crippen molar-refractivity contribution < 1.29 is 9.47 Å². The summed E-state index contributed by atoms with van der Waals surface area (Å²) in [5.41, 5.74) is 2.41. The highest BCUT2D eigenvalue weighted by atomic mass is 16.5. The SMILES string of the molecule is COc1cc(CN2CCNC(C)C2)ccc1OCc1ccccc1. The molecule has 3 rings (SSSR count). The van der Waals surface area contributed by atoms with Gasteiger partial charge in [0.1, 0.15) is 6.61 Å². The first-order chi connectivity index (χ1) is 11.7. The van der Waals surface area contributed by atoms with E-state index in [1.165, 1.54) is 5.56 Å². The lowest BCUT2D eigenvalue weighted by Crippen LogP contribution is -2.48. The lowest BCUT2D eigenvalue weighted by molar-refractivity contribution is 0.199. The zero-order chi connectivity index (χ0) is 16.8. The number of benzene rings is 2. The van der Waals surface area contributed by atoms with Crippen LogP contribution in [-0.2, 0) is 13.2 Å². The minimum absolute atomic E-state index is 0.547. The molecule has 1 unspecified atom stereocenters. The molecule has 0 radical (unpaired) electrons. The van der Waals surface area contributed by atoms with E-state index < -0.39 is 0 Å². The van der Waals surface area contributed by atoms with Crippen LogP contribution < -0.4 is 14.8 Å². The maximum atomic E-state index is 5.93. The number of nitrogens with zero attached hydrogens (tertiary/aromatic N) is 1. The van der Waals surface area contributed by atoms with E-state index in [0.717, 1.165) is 43.2 Å². The second kappa shape index (κ2) is 8.18. The van der Waals surface area contributed by atoms with Gasteiger partial charge >= 0.3 is 0 Å². The molecular formula is C20H26N2O2. The minimum atomic E-state index is 0.547.